The number of carbonyl (C=O) groups excluding carboxylic acids is 1. The maximum Gasteiger partial charge on any atom is 0.223 e. The molecule has 2 fully saturated rings. The molecule has 0 bridgehead atoms. The summed E-state index contributed by atoms with van der Waals surface area (Å²) in [6.45, 7) is 7.23. The third-order valence-electron chi connectivity index (χ3n) is 3.56. The van der Waals surface area contributed by atoms with E-state index in [4.69, 9.17) is 0 Å². The average molecular weight is 225 g/mol. The summed E-state index contributed by atoms with van der Waals surface area (Å²) >= 11 is 0. The first-order valence-corrected chi connectivity index (χ1v) is 6.57. The molecule has 2 rings (SSSR count). The van der Waals surface area contributed by atoms with Gasteiger partial charge in [0.05, 0.1) is 0 Å². The van der Waals surface area contributed by atoms with Crippen LogP contribution in [0, 0.1) is 0 Å². The molecule has 2 aliphatic rings. The molecule has 2 saturated heterocycles. The minimum absolute atomic E-state index is 0.359. The monoisotopic (exact) mass is 225 g/mol. The van der Waals surface area contributed by atoms with Crippen molar-refractivity contribution in [1.29, 1.82) is 0 Å². The highest BCUT2D eigenvalue weighted by molar-refractivity contribution is 5.76. The number of carbonyl (C=O) groups is 1. The zero-order chi connectivity index (χ0) is 11.2. The first-order valence-electron chi connectivity index (χ1n) is 6.57. The van der Waals surface area contributed by atoms with E-state index in [1.807, 2.05) is 4.90 Å². The van der Waals surface area contributed by atoms with Crippen LogP contribution in [0.4, 0.5) is 0 Å². The van der Waals surface area contributed by atoms with Gasteiger partial charge in [0.15, 0.2) is 0 Å². The number of likely N-dealkylation sites (tertiary alicyclic amines) is 1. The molecular weight excluding hydrogens is 202 g/mol. The third kappa shape index (κ3) is 3.46. The number of hydrogen-bond donors (Lipinski definition) is 1. The molecule has 4 heteroatoms. The molecule has 16 heavy (non-hydrogen) atoms. The molecule has 1 N–H and O–H groups in total. The molecule has 0 aromatic heterocycles. The van der Waals surface area contributed by atoms with Gasteiger partial charge in [0.1, 0.15) is 0 Å². The van der Waals surface area contributed by atoms with Gasteiger partial charge >= 0.3 is 0 Å². The number of nitrogens with zero attached hydrogens (tertiary/aromatic N) is 2. The molecule has 2 aliphatic heterocycles. The van der Waals surface area contributed by atoms with E-state index in [1.54, 1.807) is 0 Å². The highest BCUT2D eigenvalue weighted by atomic mass is 16.2. The normalized spacial score (nSPS) is 23.4. The number of piperidine rings is 1. The number of amides is 1. The first-order chi connectivity index (χ1) is 7.86. The summed E-state index contributed by atoms with van der Waals surface area (Å²) in [5.74, 6) is 0.359. The topological polar surface area (TPSA) is 35.6 Å². The van der Waals surface area contributed by atoms with Gasteiger partial charge in [-0.1, -0.05) is 0 Å². The molecule has 0 saturated carbocycles. The van der Waals surface area contributed by atoms with E-state index in [-0.39, 0.29) is 0 Å². The second-order valence-corrected chi connectivity index (χ2v) is 4.78. The summed E-state index contributed by atoms with van der Waals surface area (Å²) < 4.78 is 0. The Morgan fingerprint density at radius 2 is 1.69 bits per heavy atom. The molecule has 1 amide bonds. The fourth-order valence-corrected chi connectivity index (χ4v) is 2.49. The summed E-state index contributed by atoms with van der Waals surface area (Å²) in [5.41, 5.74) is 0. The molecule has 0 aliphatic carbocycles. The minimum atomic E-state index is 0.359. The van der Waals surface area contributed by atoms with Gasteiger partial charge in [0.25, 0.3) is 0 Å². The molecule has 0 unspecified atom stereocenters. The summed E-state index contributed by atoms with van der Waals surface area (Å²) in [6, 6.07) is 0. The zero-order valence-corrected chi connectivity index (χ0v) is 10.1. The minimum Gasteiger partial charge on any atom is -0.343 e. The molecule has 0 aromatic carbocycles. The van der Waals surface area contributed by atoms with Crippen LogP contribution in [0.15, 0.2) is 0 Å². The predicted molar refractivity (Wildman–Crippen MR) is 64.4 cm³/mol. The Balaban J connectivity index is 1.65. The SMILES string of the molecule is O=C(CCN1CCNCC1)N1CCCCC1. The molecular formula is C12H23N3O. The lowest BCUT2D eigenvalue weighted by atomic mass is 10.1. The lowest BCUT2D eigenvalue weighted by Gasteiger charge is -2.30. The molecule has 0 atom stereocenters. The predicted octanol–water partition coefficient (Wildman–Crippen LogP) is 0.294. The van der Waals surface area contributed by atoms with Gasteiger partial charge < -0.3 is 15.1 Å². The summed E-state index contributed by atoms with van der Waals surface area (Å²) in [7, 11) is 0. The van der Waals surface area contributed by atoms with Gasteiger partial charge in [-0.05, 0) is 19.3 Å². The molecule has 2 heterocycles. The van der Waals surface area contributed by atoms with Crippen molar-refractivity contribution in [2.75, 3.05) is 45.8 Å². The molecule has 0 radical (unpaired) electrons. The molecule has 0 aromatic rings. The quantitative estimate of drug-likeness (QED) is 0.750. The highest BCUT2D eigenvalue weighted by Crippen LogP contribution is 2.10. The molecule has 92 valence electrons. The Hall–Kier alpha value is -0.610. The maximum absolute atomic E-state index is 11.9. The van der Waals surface area contributed by atoms with Crippen molar-refractivity contribution < 1.29 is 4.79 Å². The Morgan fingerprint density at radius 1 is 1.00 bits per heavy atom. The van der Waals surface area contributed by atoms with Crippen LogP contribution in [-0.2, 0) is 4.79 Å². The number of hydrogen-bond acceptors (Lipinski definition) is 3. The highest BCUT2D eigenvalue weighted by Gasteiger charge is 2.17. The van der Waals surface area contributed by atoms with Crippen molar-refractivity contribution >= 4 is 5.91 Å². The van der Waals surface area contributed by atoms with E-state index >= 15 is 0 Å². The number of piperazine rings is 1. The van der Waals surface area contributed by atoms with Crippen molar-refractivity contribution in [3.8, 4) is 0 Å². The molecule has 4 nitrogen and oxygen atoms in total. The standard InChI is InChI=1S/C12H23N3O/c16-12(15-7-2-1-3-8-15)4-9-14-10-5-13-6-11-14/h13H,1-11H2. The Kier molecular flexibility index (Phi) is 4.60. The van der Waals surface area contributed by atoms with Gasteiger partial charge in [-0.2, -0.15) is 0 Å². The second-order valence-electron chi connectivity index (χ2n) is 4.78. The summed E-state index contributed by atoms with van der Waals surface area (Å²) in [5, 5.41) is 3.33. The first kappa shape index (κ1) is 11.9. The smallest absolute Gasteiger partial charge is 0.223 e. The average Bonchev–Trinajstić information content (AvgIpc) is 2.38. The van der Waals surface area contributed by atoms with Crippen LogP contribution in [0.1, 0.15) is 25.7 Å². The van der Waals surface area contributed by atoms with Crippen LogP contribution in [0.25, 0.3) is 0 Å². The van der Waals surface area contributed by atoms with Crippen LogP contribution < -0.4 is 5.32 Å². The lowest BCUT2D eigenvalue weighted by Crippen LogP contribution is -2.45. The van der Waals surface area contributed by atoms with Gasteiger partial charge in [0, 0.05) is 52.2 Å². The van der Waals surface area contributed by atoms with Crippen molar-refractivity contribution in [2.45, 2.75) is 25.7 Å². The van der Waals surface area contributed by atoms with E-state index in [9.17, 15) is 4.79 Å². The van der Waals surface area contributed by atoms with Crippen molar-refractivity contribution in [3.05, 3.63) is 0 Å². The largest absolute Gasteiger partial charge is 0.343 e. The van der Waals surface area contributed by atoms with Crippen LogP contribution in [0.2, 0.25) is 0 Å². The van der Waals surface area contributed by atoms with E-state index < -0.39 is 0 Å². The Labute approximate surface area is 98.0 Å². The fraction of sp³-hybridized carbons (Fsp3) is 0.917. The van der Waals surface area contributed by atoms with Crippen LogP contribution >= 0.6 is 0 Å². The van der Waals surface area contributed by atoms with Gasteiger partial charge in [0.2, 0.25) is 5.91 Å². The lowest BCUT2D eigenvalue weighted by molar-refractivity contribution is -0.132. The summed E-state index contributed by atoms with van der Waals surface area (Å²) in [6.07, 6.45) is 4.39. The fourth-order valence-electron chi connectivity index (χ4n) is 2.49. The van der Waals surface area contributed by atoms with Gasteiger partial charge in [-0.25, -0.2) is 0 Å². The van der Waals surface area contributed by atoms with Gasteiger partial charge in [-0.3, -0.25) is 4.79 Å². The van der Waals surface area contributed by atoms with E-state index in [1.165, 1.54) is 19.3 Å². The number of rotatable bonds is 3. The number of nitrogens with one attached hydrogen (secondary N) is 1. The second kappa shape index (κ2) is 6.21. The van der Waals surface area contributed by atoms with Crippen molar-refractivity contribution in [2.24, 2.45) is 0 Å². The Morgan fingerprint density at radius 3 is 2.38 bits per heavy atom. The van der Waals surface area contributed by atoms with E-state index in [2.05, 4.69) is 10.2 Å². The summed E-state index contributed by atoms with van der Waals surface area (Å²) in [4.78, 5) is 16.4. The van der Waals surface area contributed by atoms with Gasteiger partial charge in [-0.15, -0.1) is 0 Å². The van der Waals surface area contributed by atoms with Crippen LogP contribution in [-0.4, -0.2) is 61.5 Å². The third-order valence-corrected chi connectivity index (χ3v) is 3.56. The van der Waals surface area contributed by atoms with E-state index in [0.717, 1.165) is 45.8 Å². The van der Waals surface area contributed by atoms with Crippen molar-refractivity contribution in [3.63, 3.8) is 0 Å². The Bertz CT molecular complexity index is 220. The molecule has 0 spiro atoms. The van der Waals surface area contributed by atoms with E-state index in [0.29, 0.717) is 12.3 Å². The maximum atomic E-state index is 11.9. The van der Waals surface area contributed by atoms with Crippen molar-refractivity contribution in [1.82, 2.24) is 15.1 Å². The zero-order valence-electron chi connectivity index (χ0n) is 10.1. The van der Waals surface area contributed by atoms with Crippen LogP contribution in [0.5, 0.6) is 0 Å². The van der Waals surface area contributed by atoms with Crippen LogP contribution in [0.3, 0.4) is 0 Å².